The van der Waals surface area contributed by atoms with Gasteiger partial charge < -0.3 is 24.5 Å². The number of benzene rings is 2. The summed E-state index contributed by atoms with van der Waals surface area (Å²) in [5.74, 6) is -0.773. The number of hydrogen-bond acceptors (Lipinski definition) is 7. The van der Waals surface area contributed by atoms with E-state index in [0.717, 1.165) is 11.1 Å². The van der Waals surface area contributed by atoms with E-state index >= 15 is 4.39 Å². The van der Waals surface area contributed by atoms with E-state index in [1.54, 1.807) is 25.1 Å². The van der Waals surface area contributed by atoms with Crippen LogP contribution >= 0.6 is 11.6 Å². The molecule has 0 spiro atoms. The van der Waals surface area contributed by atoms with Crippen LogP contribution in [0, 0.1) is 11.7 Å². The van der Waals surface area contributed by atoms with E-state index in [9.17, 15) is 14.7 Å². The van der Waals surface area contributed by atoms with Crippen LogP contribution in [-0.2, 0) is 16.0 Å². The van der Waals surface area contributed by atoms with Crippen LogP contribution in [0.3, 0.4) is 0 Å². The number of carbonyl (C=O) groups is 2. The van der Waals surface area contributed by atoms with Crippen molar-refractivity contribution in [2.45, 2.75) is 37.7 Å². The van der Waals surface area contributed by atoms with Crippen molar-refractivity contribution < 1.29 is 23.8 Å². The number of nitrogens with zero attached hydrogens (tertiary/aromatic N) is 5. The Labute approximate surface area is 242 Å². The molecule has 3 aliphatic rings. The highest BCUT2D eigenvalue weighted by Gasteiger charge is 2.60. The lowest BCUT2D eigenvalue weighted by Gasteiger charge is -2.35. The van der Waals surface area contributed by atoms with Gasteiger partial charge in [-0.15, -0.1) is 0 Å². The normalized spacial score (nSPS) is 23.2. The summed E-state index contributed by atoms with van der Waals surface area (Å²) in [5, 5.41) is 11.8. The van der Waals surface area contributed by atoms with Gasteiger partial charge >= 0.3 is 6.01 Å². The molecule has 6 rings (SSSR count). The molecule has 1 saturated carbocycles. The third kappa shape index (κ3) is 4.97. The smallest absolute Gasteiger partial charge is 0.319 e. The van der Waals surface area contributed by atoms with Gasteiger partial charge in [0.05, 0.1) is 12.0 Å². The highest BCUT2D eigenvalue weighted by molar-refractivity contribution is 6.32. The topological polar surface area (TPSA) is 99.1 Å². The molecule has 0 radical (unpaired) electrons. The number of rotatable bonds is 6. The molecule has 2 unspecified atom stereocenters. The maximum absolute atomic E-state index is 16.7. The van der Waals surface area contributed by atoms with Crippen LogP contribution in [-0.4, -0.2) is 89.2 Å². The summed E-state index contributed by atoms with van der Waals surface area (Å²) >= 11 is 6.88. The Balaban J connectivity index is 1.44. The largest absolute Gasteiger partial charge is 0.463 e. The van der Waals surface area contributed by atoms with Crippen LogP contribution < -0.4 is 9.64 Å². The zero-order valence-electron chi connectivity index (χ0n) is 23.4. The second-order valence-electron chi connectivity index (χ2n) is 11.5. The number of aromatic nitrogens is 2. The zero-order chi connectivity index (χ0) is 29.1. The maximum Gasteiger partial charge on any atom is 0.319 e. The number of ether oxygens (including phenoxy) is 1. The molecule has 41 heavy (non-hydrogen) atoms. The van der Waals surface area contributed by atoms with E-state index in [0.29, 0.717) is 55.8 Å². The summed E-state index contributed by atoms with van der Waals surface area (Å²) in [6.45, 7) is 3.57. The second kappa shape index (κ2) is 10.4. The standard InChI is InChI=1S/C30H33ClFN5O4/c1-17(38)36-9-11-37(12-10-36)28-20-14-22(31)25(24-19-7-5-4-6-18(19)15-30(40)16-21(24)30)26(32)27(20)33-29(34-28)41-13-8-23(39)35(2)3/h4-7,14,21,24,40H,8-13,15-16H2,1-3H3/t21-,24?,30?/m1/s1. The number of aliphatic hydroxyl groups is 1. The third-order valence-electron chi connectivity index (χ3n) is 8.65. The molecule has 0 bridgehead atoms. The molecule has 1 aliphatic heterocycles. The summed E-state index contributed by atoms with van der Waals surface area (Å²) in [7, 11) is 3.33. The number of anilines is 1. The average Bonchev–Trinajstić information content (AvgIpc) is 3.63. The van der Waals surface area contributed by atoms with Gasteiger partial charge in [0, 0.05) is 81.4 Å². The monoisotopic (exact) mass is 581 g/mol. The molecule has 3 atom stereocenters. The van der Waals surface area contributed by atoms with Crippen LogP contribution in [0.25, 0.3) is 10.9 Å². The number of halogens is 2. The van der Waals surface area contributed by atoms with Gasteiger partial charge in [0.25, 0.3) is 0 Å². The summed E-state index contributed by atoms with van der Waals surface area (Å²) in [5.41, 5.74) is 1.47. The number of hydrogen-bond donors (Lipinski definition) is 1. The summed E-state index contributed by atoms with van der Waals surface area (Å²) in [4.78, 5) is 38.3. The molecule has 9 nitrogen and oxygen atoms in total. The third-order valence-corrected chi connectivity index (χ3v) is 8.96. The van der Waals surface area contributed by atoms with Gasteiger partial charge in [-0.05, 0) is 23.6 Å². The van der Waals surface area contributed by atoms with E-state index in [4.69, 9.17) is 16.3 Å². The molecule has 2 aromatic carbocycles. The number of carbonyl (C=O) groups excluding carboxylic acids is 2. The minimum atomic E-state index is -0.871. The molecule has 11 heteroatoms. The molecule has 2 amide bonds. The minimum Gasteiger partial charge on any atom is -0.463 e. The van der Waals surface area contributed by atoms with Crippen molar-refractivity contribution in [3.05, 3.63) is 57.9 Å². The van der Waals surface area contributed by atoms with E-state index in [1.165, 1.54) is 11.8 Å². The fraction of sp³-hybridized carbons (Fsp3) is 0.467. The van der Waals surface area contributed by atoms with Crippen LogP contribution in [0.2, 0.25) is 5.02 Å². The van der Waals surface area contributed by atoms with Gasteiger partial charge in [0.15, 0.2) is 5.82 Å². The highest BCUT2D eigenvalue weighted by atomic mass is 35.5. The molecule has 2 fully saturated rings. The van der Waals surface area contributed by atoms with Crippen molar-refractivity contribution in [2.75, 3.05) is 51.8 Å². The van der Waals surface area contributed by atoms with Crippen molar-refractivity contribution in [3.8, 4) is 6.01 Å². The van der Waals surface area contributed by atoms with Crippen molar-refractivity contribution >= 4 is 40.1 Å². The summed E-state index contributed by atoms with van der Waals surface area (Å²) in [6, 6.07) is 9.48. The van der Waals surface area contributed by atoms with Crippen LogP contribution in [0.1, 0.15) is 42.4 Å². The summed E-state index contributed by atoms with van der Waals surface area (Å²) in [6.07, 6.45) is 1.23. The summed E-state index contributed by atoms with van der Waals surface area (Å²) < 4.78 is 22.5. The van der Waals surface area contributed by atoms with Crippen molar-refractivity contribution in [3.63, 3.8) is 0 Å². The SMILES string of the molecule is CC(=O)N1CCN(c2nc(OCCC(=O)N(C)C)nc3c(F)c(C4c5ccccc5CC5(O)C[C@H]45)c(Cl)cc23)CC1. The molecule has 3 aromatic rings. The average molecular weight is 582 g/mol. The van der Waals surface area contributed by atoms with Gasteiger partial charge in [-0.3, -0.25) is 9.59 Å². The Kier molecular flexibility index (Phi) is 7.02. The lowest BCUT2D eigenvalue weighted by atomic mass is 9.77. The predicted molar refractivity (Wildman–Crippen MR) is 153 cm³/mol. The predicted octanol–water partition coefficient (Wildman–Crippen LogP) is 3.39. The number of fused-ring (bicyclic) bond motifs is 3. The first-order valence-electron chi connectivity index (χ1n) is 13.9. The molecule has 2 aliphatic carbocycles. The van der Waals surface area contributed by atoms with Crippen LogP contribution in [0.15, 0.2) is 30.3 Å². The molecule has 2 heterocycles. The van der Waals surface area contributed by atoms with E-state index in [2.05, 4.69) is 9.97 Å². The molecular formula is C30H33ClFN5O4. The van der Waals surface area contributed by atoms with Crippen molar-refractivity contribution in [1.29, 1.82) is 0 Å². The Hall–Kier alpha value is -3.50. The van der Waals surface area contributed by atoms with Crippen LogP contribution in [0.4, 0.5) is 10.2 Å². The lowest BCUT2D eigenvalue weighted by Crippen LogP contribution is -2.48. The van der Waals surface area contributed by atoms with E-state index in [-0.39, 0.29) is 47.3 Å². The molecule has 1 N–H and O–H groups in total. The van der Waals surface area contributed by atoms with Gasteiger partial charge in [0.2, 0.25) is 11.8 Å². The van der Waals surface area contributed by atoms with Gasteiger partial charge in [0.1, 0.15) is 17.9 Å². The zero-order valence-corrected chi connectivity index (χ0v) is 24.1. The molecule has 1 aromatic heterocycles. The fourth-order valence-electron chi connectivity index (χ4n) is 6.31. The number of amides is 2. The van der Waals surface area contributed by atoms with E-state index < -0.39 is 17.3 Å². The highest BCUT2D eigenvalue weighted by Crippen LogP contribution is 2.61. The first kappa shape index (κ1) is 27.7. The van der Waals surface area contributed by atoms with Crippen molar-refractivity contribution in [2.24, 2.45) is 5.92 Å². The second-order valence-corrected chi connectivity index (χ2v) is 11.9. The first-order chi connectivity index (χ1) is 19.6. The molecular weight excluding hydrogens is 549 g/mol. The molecule has 216 valence electrons. The Morgan fingerprint density at radius 1 is 1.20 bits per heavy atom. The van der Waals surface area contributed by atoms with Crippen molar-refractivity contribution in [1.82, 2.24) is 19.8 Å². The van der Waals surface area contributed by atoms with Crippen LogP contribution in [0.5, 0.6) is 6.01 Å². The number of piperazine rings is 1. The lowest BCUT2D eigenvalue weighted by molar-refractivity contribution is -0.130. The fourth-order valence-corrected chi connectivity index (χ4v) is 6.62. The quantitative estimate of drug-likeness (QED) is 0.476. The Morgan fingerprint density at radius 2 is 1.93 bits per heavy atom. The van der Waals surface area contributed by atoms with Gasteiger partial charge in [-0.25, -0.2) is 4.39 Å². The van der Waals surface area contributed by atoms with Gasteiger partial charge in [-0.2, -0.15) is 9.97 Å². The van der Waals surface area contributed by atoms with Gasteiger partial charge in [-0.1, -0.05) is 35.9 Å². The Bertz CT molecular complexity index is 1540. The first-order valence-corrected chi connectivity index (χ1v) is 14.3. The Morgan fingerprint density at radius 3 is 2.63 bits per heavy atom. The van der Waals surface area contributed by atoms with E-state index in [1.807, 2.05) is 29.2 Å². The molecule has 1 saturated heterocycles. The maximum atomic E-state index is 16.7. The minimum absolute atomic E-state index is 0.00157.